The largest absolute Gasteiger partial charge is 0.355 e. The second kappa shape index (κ2) is 10.5. The molecule has 0 aromatic heterocycles. The molecule has 0 rings (SSSR count). The van der Waals surface area contributed by atoms with Crippen LogP contribution in [-0.2, 0) is 14.4 Å². The summed E-state index contributed by atoms with van der Waals surface area (Å²) >= 11 is 11.1. The number of likely N-dealkylation sites (N-methyl/N-ethyl adjacent to an activating group) is 2. The van der Waals surface area contributed by atoms with Crippen LogP contribution in [-0.4, -0.2) is 66.0 Å². The van der Waals surface area contributed by atoms with Crippen molar-refractivity contribution >= 4 is 55.6 Å². The smallest absolute Gasteiger partial charge is 0.281 e. The normalized spacial score (nSPS) is 18.0. The number of carbonyl (C=O) groups is 3. The number of alkyl halides is 3. The SMILES string of the molecule is CCN[C@](F)(CS)C(=O)NC(F)(CCS)C(=O)N[C@](F)(CS)C(=O)NC. The van der Waals surface area contributed by atoms with Crippen molar-refractivity contribution in [3.05, 3.63) is 0 Å². The fourth-order valence-electron chi connectivity index (χ4n) is 1.80. The van der Waals surface area contributed by atoms with Crippen LogP contribution in [0.25, 0.3) is 0 Å². The van der Waals surface area contributed by atoms with Crippen LogP contribution >= 0.6 is 37.9 Å². The van der Waals surface area contributed by atoms with Crippen molar-refractivity contribution in [2.75, 3.05) is 30.9 Å². The van der Waals surface area contributed by atoms with E-state index in [9.17, 15) is 23.2 Å². The van der Waals surface area contributed by atoms with E-state index in [1.807, 2.05) is 5.32 Å². The van der Waals surface area contributed by atoms with Gasteiger partial charge >= 0.3 is 0 Å². The Balaban J connectivity index is 5.56. The molecule has 0 heterocycles. The van der Waals surface area contributed by atoms with Crippen molar-refractivity contribution in [3.8, 4) is 0 Å². The Labute approximate surface area is 166 Å². The highest BCUT2D eigenvalue weighted by Crippen LogP contribution is 2.20. The van der Waals surface area contributed by atoms with E-state index in [-0.39, 0.29) is 12.3 Å². The van der Waals surface area contributed by atoms with Crippen LogP contribution in [0.4, 0.5) is 13.2 Å². The third-order valence-corrected chi connectivity index (χ3v) is 4.37. The number of hydrogen-bond donors (Lipinski definition) is 7. The molecule has 1 unspecified atom stereocenters. The van der Waals surface area contributed by atoms with Gasteiger partial charge in [-0.15, -0.1) is 0 Å². The molecule has 0 aliphatic rings. The van der Waals surface area contributed by atoms with Crippen LogP contribution in [0.1, 0.15) is 13.3 Å². The van der Waals surface area contributed by atoms with Crippen molar-refractivity contribution in [1.82, 2.24) is 21.3 Å². The Morgan fingerprint density at radius 1 is 0.846 bits per heavy atom. The molecule has 3 amide bonds. The average Bonchev–Trinajstić information content (AvgIpc) is 2.60. The van der Waals surface area contributed by atoms with Gasteiger partial charge in [0.1, 0.15) is 0 Å². The lowest BCUT2D eigenvalue weighted by atomic mass is 10.1. The summed E-state index contributed by atoms with van der Waals surface area (Å²) in [6.45, 7) is 1.52. The van der Waals surface area contributed by atoms with Crippen molar-refractivity contribution in [3.63, 3.8) is 0 Å². The first-order valence-corrected chi connectivity index (χ1v) is 9.40. The van der Waals surface area contributed by atoms with Crippen molar-refractivity contribution in [1.29, 1.82) is 0 Å². The maximum Gasteiger partial charge on any atom is 0.281 e. The fraction of sp³-hybridized carbons (Fsp3) is 0.769. The van der Waals surface area contributed by atoms with E-state index in [2.05, 4.69) is 43.2 Å². The van der Waals surface area contributed by atoms with Gasteiger partial charge in [-0.25, -0.2) is 13.2 Å². The van der Waals surface area contributed by atoms with Crippen LogP contribution < -0.4 is 21.3 Å². The molecule has 0 saturated carbocycles. The summed E-state index contributed by atoms with van der Waals surface area (Å²) in [5, 5.41) is 7.27. The molecular weight excluding hydrogens is 413 g/mol. The molecule has 0 aromatic carbocycles. The lowest BCUT2D eigenvalue weighted by molar-refractivity contribution is -0.152. The Kier molecular flexibility index (Phi) is 10.2. The minimum Gasteiger partial charge on any atom is -0.355 e. The predicted octanol–water partition coefficient (Wildman–Crippen LogP) is -0.249. The second-order valence-corrected chi connectivity index (χ2v) is 6.29. The number of nitrogens with one attached hydrogen (secondary N) is 4. The van der Waals surface area contributed by atoms with Gasteiger partial charge in [0.2, 0.25) is 5.79 Å². The maximum atomic E-state index is 15.0. The van der Waals surface area contributed by atoms with Crippen LogP contribution in [0.3, 0.4) is 0 Å². The standard InChI is InChI=1S/C13H23F3N4O3S3/c1-3-18-12(15,6-25)10(23)19-11(14,4-5-24)9(22)20-13(16,7-26)8(21)17-2/h18,24-26H,3-7H2,1-2H3,(H,17,21)(H,19,23)(H,20,22)/t11?,12-,13-/m1/s1. The summed E-state index contributed by atoms with van der Waals surface area (Å²) in [6.07, 6.45) is -0.709. The molecule has 0 aromatic rings. The molecule has 26 heavy (non-hydrogen) atoms. The molecule has 0 aliphatic carbocycles. The molecule has 0 saturated heterocycles. The molecule has 152 valence electrons. The first kappa shape index (κ1) is 25.2. The molecule has 4 N–H and O–H groups in total. The molecule has 13 heteroatoms. The zero-order valence-corrected chi connectivity index (χ0v) is 16.9. The van der Waals surface area contributed by atoms with E-state index in [4.69, 9.17) is 0 Å². The lowest BCUT2D eigenvalue weighted by Gasteiger charge is -2.32. The molecule has 0 bridgehead atoms. The predicted molar refractivity (Wildman–Crippen MR) is 102 cm³/mol. The molecule has 0 fully saturated rings. The molecule has 7 nitrogen and oxygen atoms in total. The van der Waals surface area contributed by atoms with Gasteiger partial charge in [0.25, 0.3) is 29.3 Å². The molecule has 3 atom stereocenters. The Bertz CT molecular complexity index is 534. The van der Waals surface area contributed by atoms with Crippen LogP contribution in [0.5, 0.6) is 0 Å². The van der Waals surface area contributed by atoms with Crippen LogP contribution in [0.15, 0.2) is 0 Å². The fourth-order valence-corrected chi connectivity index (χ4v) is 2.59. The van der Waals surface area contributed by atoms with Gasteiger partial charge in [0.15, 0.2) is 0 Å². The van der Waals surface area contributed by atoms with Gasteiger partial charge in [0, 0.05) is 19.2 Å². The summed E-state index contributed by atoms with van der Waals surface area (Å²) in [7, 11) is 1.10. The van der Waals surface area contributed by atoms with Crippen LogP contribution in [0.2, 0.25) is 0 Å². The number of carbonyl (C=O) groups excluding carboxylic acids is 3. The molecule has 0 aliphatic heterocycles. The molecular formula is C13H23F3N4O3S3. The van der Waals surface area contributed by atoms with E-state index >= 15 is 4.39 Å². The third-order valence-electron chi connectivity index (χ3n) is 3.28. The Hall–Kier alpha value is -0.790. The minimum atomic E-state index is -3.22. The average molecular weight is 437 g/mol. The van der Waals surface area contributed by atoms with E-state index < -0.39 is 53.0 Å². The summed E-state index contributed by atoms with van der Waals surface area (Å²) in [4.78, 5) is 35.8. The molecule has 0 spiro atoms. The monoisotopic (exact) mass is 436 g/mol. The van der Waals surface area contributed by atoms with Crippen molar-refractivity contribution < 1.29 is 27.6 Å². The van der Waals surface area contributed by atoms with Crippen molar-refractivity contribution in [2.45, 2.75) is 30.7 Å². The number of rotatable bonds is 11. The minimum absolute atomic E-state index is 0.0203. The number of amides is 3. The Morgan fingerprint density at radius 3 is 1.69 bits per heavy atom. The van der Waals surface area contributed by atoms with E-state index in [0.29, 0.717) is 0 Å². The molecule has 0 radical (unpaired) electrons. The highest BCUT2D eigenvalue weighted by molar-refractivity contribution is 7.80. The highest BCUT2D eigenvalue weighted by Gasteiger charge is 2.49. The van der Waals surface area contributed by atoms with Gasteiger partial charge in [-0.2, -0.15) is 37.9 Å². The van der Waals surface area contributed by atoms with E-state index in [1.165, 1.54) is 6.92 Å². The first-order valence-electron chi connectivity index (χ1n) is 7.50. The third kappa shape index (κ3) is 6.13. The van der Waals surface area contributed by atoms with E-state index in [1.54, 1.807) is 10.6 Å². The highest BCUT2D eigenvalue weighted by atomic mass is 32.1. The van der Waals surface area contributed by atoms with Gasteiger partial charge < -0.3 is 16.0 Å². The van der Waals surface area contributed by atoms with Gasteiger partial charge in [-0.3, -0.25) is 19.7 Å². The Morgan fingerprint density at radius 2 is 1.31 bits per heavy atom. The summed E-state index contributed by atoms with van der Waals surface area (Å²) in [5.74, 6) is -15.2. The van der Waals surface area contributed by atoms with Gasteiger partial charge in [-0.1, -0.05) is 6.92 Å². The van der Waals surface area contributed by atoms with Crippen LogP contribution in [0, 0.1) is 0 Å². The quantitative estimate of drug-likeness (QED) is 0.179. The number of hydrogen-bond acceptors (Lipinski definition) is 7. The maximum absolute atomic E-state index is 15.0. The summed E-state index contributed by atoms with van der Waals surface area (Å²) in [5.41, 5.74) is 0. The number of halogens is 3. The summed E-state index contributed by atoms with van der Waals surface area (Å²) in [6, 6.07) is 0. The van der Waals surface area contributed by atoms with Gasteiger partial charge in [-0.05, 0) is 12.3 Å². The summed E-state index contributed by atoms with van der Waals surface area (Å²) < 4.78 is 44.0. The van der Waals surface area contributed by atoms with Gasteiger partial charge in [0.05, 0.1) is 5.75 Å². The second-order valence-electron chi connectivity index (χ2n) is 5.21. The van der Waals surface area contributed by atoms with E-state index in [0.717, 1.165) is 7.05 Å². The van der Waals surface area contributed by atoms with Crippen molar-refractivity contribution in [2.24, 2.45) is 0 Å². The topological polar surface area (TPSA) is 99.3 Å². The zero-order chi connectivity index (χ0) is 20.6. The zero-order valence-electron chi connectivity index (χ0n) is 14.2. The first-order chi connectivity index (χ1) is 12.0. The lowest BCUT2D eigenvalue weighted by Crippen LogP contribution is -2.67. The number of thiol groups is 3.